The first-order valence-electron chi connectivity index (χ1n) is 8.69. The van der Waals surface area contributed by atoms with Crippen LogP contribution in [0.25, 0.3) is 0 Å². The quantitative estimate of drug-likeness (QED) is 0.886. The van der Waals surface area contributed by atoms with E-state index in [1.54, 1.807) is 22.7 Å². The van der Waals surface area contributed by atoms with Gasteiger partial charge in [-0.05, 0) is 85.6 Å². The van der Waals surface area contributed by atoms with Crippen molar-refractivity contribution in [2.75, 3.05) is 13.1 Å². The molecule has 1 saturated heterocycles. The Morgan fingerprint density at radius 2 is 2.17 bits per heavy atom. The van der Waals surface area contributed by atoms with E-state index in [4.69, 9.17) is 0 Å². The summed E-state index contributed by atoms with van der Waals surface area (Å²) < 4.78 is 0. The molecule has 1 amide bonds. The van der Waals surface area contributed by atoms with Crippen molar-refractivity contribution >= 4 is 28.6 Å². The van der Waals surface area contributed by atoms with E-state index in [2.05, 4.69) is 47.0 Å². The Labute approximate surface area is 151 Å². The maximum absolute atomic E-state index is 13.3. The predicted molar refractivity (Wildman–Crippen MR) is 101 cm³/mol. The Bertz CT molecular complexity index is 709. The fourth-order valence-electron chi connectivity index (χ4n) is 3.95. The molecule has 3 heterocycles. The van der Waals surface area contributed by atoms with E-state index in [-0.39, 0.29) is 5.91 Å². The number of aryl methyl sites for hydroxylation is 2. The minimum atomic E-state index is 0.225. The highest BCUT2D eigenvalue weighted by molar-refractivity contribution is 7.14. The molecule has 24 heavy (non-hydrogen) atoms. The maximum Gasteiger partial charge on any atom is 0.264 e. The van der Waals surface area contributed by atoms with Crippen LogP contribution in [0.1, 0.15) is 44.9 Å². The Balaban J connectivity index is 1.59. The van der Waals surface area contributed by atoms with E-state index < -0.39 is 0 Å². The van der Waals surface area contributed by atoms with Crippen LogP contribution in [0.3, 0.4) is 0 Å². The minimum absolute atomic E-state index is 0.225. The third-order valence-corrected chi connectivity index (χ3v) is 7.57. The molecule has 2 fully saturated rings. The molecule has 1 atom stereocenters. The van der Waals surface area contributed by atoms with Gasteiger partial charge in [0.1, 0.15) is 0 Å². The summed E-state index contributed by atoms with van der Waals surface area (Å²) in [7, 11) is 0. The number of piperidine rings is 1. The largest absolute Gasteiger partial charge is 0.330 e. The van der Waals surface area contributed by atoms with Gasteiger partial charge in [-0.25, -0.2) is 0 Å². The summed E-state index contributed by atoms with van der Waals surface area (Å²) in [4.78, 5) is 17.6. The topological polar surface area (TPSA) is 32.3 Å². The van der Waals surface area contributed by atoms with Gasteiger partial charge in [-0.15, -0.1) is 11.3 Å². The zero-order valence-electron chi connectivity index (χ0n) is 14.3. The number of nitrogens with zero attached hydrogens (tertiary/aromatic N) is 1. The molecule has 128 valence electrons. The summed E-state index contributed by atoms with van der Waals surface area (Å²) in [5, 5.41) is 7.73. The second-order valence-electron chi connectivity index (χ2n) is 7.25. The molecule has 1 spiro atoms. The van der Waals surface area contributed by atoms with Crippen molar-refractivity contribution in [2.45, 2.75) is 45.7 Å². The third-order valence-electron chi connectivity index (χ3n) is 5.69. The molecule has 2 aromatic heterocycles. The molecule has 0 bridgehead atoms. The van der Waals surface area contributed by atoms with Crippen molar-refractivity contribution in [1.82, 2.24) is 10.2 Å². The van der Waals surface area contributed by atoms with Gasteiger partial charge in [0.2, 0.25) is 0 Å². The minimum Gasteiger partial charge on any atom is -0.330 e. The van der Waals surface area contributed by atoms with Crippen LogP contribution in [0.4, 0.5) is 0 Å². The normalized spacial score (nSPS) is 21.8. The first kappa shape index (κ1) is 16.3. The van der Waals surface area contributed by atoms with Crippen molar-refractivity contribution in [1.29, 1.82) is 0 Å². The Morgan fingerprint density at radius 1 is 1.38 bits per heavy atom. The van der Waals surface area contributed by atoms with Gasteiger partial charge in [0, 0.05) is 17.5 Å². The summed E-state index contributed by atoms with van der Waals surface area (Å²) >= 11 is 3.35. The average Bonchev–Trinajstić information content (AvgIpc) is 2.92. The van der Waals surface area contributed by atoms with Crippen molar-refractivity contribution in [3.05, 3.63) is 43.8 Å². The number of carbonyl (C=O) groups is 1. The third kappa shape index (κ3) is 2.93. The summed E-state index contributed by atoms with van der Waals surface area (Å²) in [6, 6.07) is 4.63. The molecular formula is C19H24N2OS2. The molecule has 2 aromatic rings. The zero-order valence-corrected chi connectivity index (χ0v) is 15.9. The van der Waals surface area contributed by atoms with Gasteiger partial charge in [-0.3, -0.25) is 4.79 Å². The SMILES string of the molecule is Cc1cc(C(=O)N(Cc2ccsc2)C2CC23CCNCC3)sc1C. The number of nitrogens with one attached hydrogen (secondary N) is 1. The van der Waals surface area contributed by atoms with E-state index >= 15 is 0 Å². The van der Waals surface area contributed by atoms with Crippen molar-refractivity contribution in [3.63, 3.8) is 0 Å². The van der Waals surface area contributed by atoms with Crippen LogP contribution in [-0.2, 0) is 6.54 Å². The number of hydrogen-bond donors (Lipinski definition) is 1. The maximum atomic E-state index is 13.3. The van der Waals surface area contributed by atoms with Crippen LogP contribution in [0.5, 0.6) is 0 Å². The highest BCUT2D eigenvalue weighted by Gasteiger charge is 2.57. The number of thiophene rings is 2. The van der Waals surface area contributed by atoms with Crippen molar-refractivity contribution in [2.24, 2.45) is 5.41 Å². The Hall–Kier alpha value is -1.17. The van der Waals surface area contributed by atoms with E-state index in [9.17, 15) is 4.79 Å². The standard InChI is InChI=1S/C19H24N2OS2/c1-13-9-16(24-14(13)2)18(22)21(11-15-3-8-23-12-15)17-10-19(17)4-6-20-7-5-19/h3,8-9,12,17,20H,4-7,10-11H2,1-2H3. The number of amides is 1. The predicted octanol–water partition coefficient (Wildman–Crippen LogP) is 4.21. The van der Waals surface area contributed by atoms with Crippen LogP contribution in [-0.4, -0.2) is 29.9 Å². The van der Waals surface area contributed by atoms with Gasteiger partial charge in [-0.1, -0.05) is 0 Å². The smallest absolute Gasteiger partial charge is 0.264 e. The summed E-state index contributed by atoms with van der Waals surface area (Å²) in [6.45, 7) is 7.13. The fraction of sp³-hybridized carbons (Fsp3) is 0.526. The highest BCUT2D eigenvalue weighted by Crippen LogP contribution is 2.56. The van der Waals surface area contributed by atoms with Gasteiger partial charge in [0.25, 0.3) is 5.91 Å². The monoisotopic (exact) mass is 360 g/mol. The lowest BCUT2D eigenvalue weighted by Crippen LogP contribution is -2.38. The van der Waals surface area contributed by atoms with Crippen LogP contribution < -0.4 is 5.32 Å². The van der Waals surface area contributed by atoms with Gasteiger partial charge in [0.15, 0.2) is 0 Å². The molecule has 5 heteroatoms. The summed E-state index contributed by atoms with van der Waals surface area (Å²) in [5.41, 5.74) is 2.86. The van der Waals surface area contributed by atoms with E-state index in [1.165, 1.54) is 35.3 Å². The lowest BCUT2D eigenvalue weighted by molar-refractivity contribution is 0.0697. The zero-order chi connectivity index (χ0) is 16.7. The number of carbonyl (C=O) groups excluding carboxylic acids is 1. The molecule has 4 rings (SSSR count). The van der Waals surface area contributed by atoms with Gasteiger partial charge >= 0.3 is 0 Å². The Kier molecular flexibility index (Phi) is 4.27. The molecule has 1 saturated carbocycles. The molecule has 1 aliphatic heterocycles. The fourth-order valence-corrected chi connectivity index (χ4v) is 5.60. The molecule has 1 aliphatic carbocycles. The lowest BCUT2D eigenvalue weighted by Gasteiger charge is -2.29. The van der Waals surface area contributed by atoms with Crippen LogP contribution in [0.15, 0.2) is 22.9 Å². The first-order chi connectivity index (χ1) is 11.6. The molecule has 0 aromatic carbocycles. The molecule has 1 N–H and O–H groups in total. The van der Waals surface area contributed by atoms with Crippen molar-refractivity contribution in [3.8, 4) is 0 Å². The van der Waals surface area contributed by atoms with Crippen LogP contribution in [0.2, 0.25) is 0 Å². The van der Waals surface area contributed by atoms with E-state index in [0.717, 1.165) is 24.5 Å². The summed E-state index contributed by atoms with van der Waals surface area (Å²) in [5.74, 6) is 0.225. The number of rotatable bonds is 4. The van der Waals surface area contributed by atoms with Gasteiger partial charge in [0.05, 0.1) is 4.88 Å². The van der Waals surface area contributed by atoms with E-state index in [0.29, 0.717) is 11.5 Å². The van der Waals surface area contributed by atoms with Crippen LogP contribution in [0, 0.1) is 19.3 Å². The molecular weight excluding hydrogens is 336 g/mol. The number of hydrogen-bond acceptors (Lipinski definition) is 4. The van der Waals surface area contributed by atoms with Crippen LogP contribution >= 0.6 is 22.7 Å². The first-order valence-corrected chi connectivity index (χ1v) is 10.4. The highest BCUT2D eigenvalue weighted by atomic mass is 32.1. The second kappa shape index (κ2) is 6.28. The van der Waals surface area contributed by atoms with Crippen molar-refractivity contribution < 1.29 is 4.79 Å². The van der Waals surface area contributed by atoms with E-state index in [1.807, 2.05) is 0 Å². The average molecular weight is 361 g/mol. The molecule has 3 nitrogen and oxygen atoms in total. The van der Waals surface area contributed by atoms with Gasteiger partial charge < -0.3 is 10.2 Å². The second-order valence-corrected chi connectivity index (χ2v) is 9.28. The molecule has 2 aliphatic rings. The molecule has 0 radical (unpaired) electrons. The summed E-state index contributed by atoms with van der Waals surface area (Å²) in [6.07, 6.45) is 3.58. The lowest BCUT2D eigenvalue weighted by atomic mass is 9.93. The Morgan fingerprint density at radius 3 is 2.79 bits per heavy atom. The van der Waals surface area contributed by atoms with Gasteiger partial charge in [-0.2, -0.15) is 11.3 Å². The molecule has 1 unspecified atom stereocenters.